The van der Waals surface area contributed by atoms with Crippen LogP contribution in [0.4, 0.5) is 5.95 Å². The van der Waals surface area contributed by atoms with Crippen LogP contribution in [0, 0.1) is 5.92 Å². The van der Waals surface area contributed by atoms with E-state index < -0.39 is 0 Å². The summed E-state index contributed by atoms with van der Waals surface area (Å²) < 4.78 is 5.11. The Morgan fingerprint density at radius 1 is 1.41 bits per heavy atom. The second-order valence-corrected chi connectivity index (χ2v) is 5.00. The Hall–Kier alpha value is -1.39. The van der Waals surface area contributed by atoms with Crippen LogP contribution in [-0.4, -0.2) is 29.0 Å². The number of hydrogen-bond donors (Lipinski definition) is 0. The normalized spacial score (nSPS) is 15.8. The van der Waals surface area contributed by atoms with Gasteiger partial charge in [-0.05, 0) is 23.9 Å². The summed E-state index contributed by atoms with van der Waals surface area (Å²) in [5.74, 6) is 1.62. The van der Waals surface area contributed by atoms with Crippen molar-refractivity contribution in [2.75, 3.05) is 18.0 Å². The molecule has 0 saturated carbocycles. The van der Waals surface area contributed by atoms with Crippen LogP contribution in [0.15, 0.2) is 4.52 Å². The van der Waals surface area contributed by atoms with Crippen molar-refractivity contribution in [3.8, 4) is 0 Å². The molecular weight excluding hydrogens is 218 g/mol. The minimum absolute atomic E-state index is 0.164. The molecular formula is C12H19N3O2. The highest BCUT2D eigenvalue weighted by Gasteiger charge is 2.19. The van der Waals surface area contributed by atoms with Gasteiger partial charge in [0.05, 0.1) is 6.42 Å². The lowest BCUT2D eigenvalue weighted by Crippen LogP contribution is -2.19. The molecule has 1 aliphatic rings. The number of nitrogens with zero attached hydrogens (tertiary/aromatic N) is 3. The van der Waals surface area contributed by atoms with Gasteiger partial charge in [0.1, 0.15) is 5.78 Å². The van der Waals surface area contributed by atoms with Crippen LogP contribution in [-0.2, 0) is 11.2 Å². The van der Waals surface area contributed by atoms with Crippen LogP contribution in [0.1, 0.15) is 39.0 Å². The van der Waals surface area contributed by atoms with Crippen molar-refractivity contribution in [1.82, 2.24) is 10.1 Å². The van der Waals surface area contributed by atoms with E-state index in [1.807, 2.05) is 13.8 Å². The molecule has 0 aromatic carbocycles. The quantitative estimate of drug-likeness (QED) is 0.782. The third-order valence-corrected chi connectivity index (χ3v) is 2.83. The molecule has 1 aromatic heterocycles. The molecule has 94 valence electrons. The van der Waals surface area contributed by atoms with Gasteiger partial charge in [0.15, 0.2) is 0 Å². The minimum Gasteiger partial charge on any atom is -0.338 e. The first-order valence-electron chi connectivity index (χ1n) is 6.24. The van der Waals surface area contributed by atoms with Crippen molar-refractivity contribution >= 4 is 11.7 Å². The van der Waals surface area contributed by atoms with E-state index in [0.717, 1.165) is 13.1 Å². The van der Waals surface area contributed by atoms with Crippen molar-refractivity contribution < 1.29 is 9.32 Å². The summed E-state index contributed by atoms with van der Waals surface area (Å²) >= 11 is 0. The van der Waals surface area contributed by atoms with Crippen molar-refractivity contribution in [1.29, 1.82) is 0 Å². The maximum absolute atomic E-state index is 11.6. The molecule has 1 saturated heterocycles. The Kier molecular flexibility index (Phi) is 3.76. The SMILES string of the molecule is CC(C)CC(=O)Cc1nc(N2CCCC2)no1. The number of anilines is 1. The maximum Gasteiger partial charge on any atom is 0.266 e. The largest absolute Gasteiger partial charge is 0.338 e. The Morgan fingerprint density at radius 2 is 2.12 bits per heavy atom. The zero-order valence-corrected chi connectivity index (χ0v) is 10.5. The highest BCUT2D eigenvalue weighted by Crippen LogP contribution is 2.16. The predicted octanol–water partition coefficient (Wildman–Crippen LogP) is 1.83. The fraction of sp³-hybridized carbons (Fsp3) is 0.750. The standard InChI is InChI=1S/C12H19N3O2/c1-9(2)7-10(16)8-11-13-12(14-17-11)15-5-3-4-6-15/h9H,3-8H2,1-2H3. The van der Waals surface area contributed by atoms with Gasteiger partial charge in [-0.25, -0.2) is 0 Å². The molecule has 5 nitrogen and oxygen atoms in total. The molecule has 0 amide bonds. The third-order valence-electron chi connectivity index (χ3n) is 2.83. The van der Waals surface area contributed by atoms with Gasteiger partial charge < -0.3 is 9.42 Å². The molecule has 0 aliphatic carbocycles. The minimum atomic E-state index is 0.164. The number of carbonyl (C=O) groups excluding carboxylic acids is 1. The molecule has 0 bridgehead atoms. The summed E-state index contributed by atoms with van der Waals surface area (Å²) in [5.41, 5.74) is 0. The van der Waals surface area contributed by atoms with E-state index in [1.165, 1.54) is 12.8 Å². The number of ketones is 1. The number of carbonyl (C=O) groups is 1. The van der Waals surface area contributed by atoms with Crippen LogP contribution >= 0.6 is 0 Å². The first-order chi connectivity index (χ1) is 8.15. The third kappa shape index (κ3) is 3.28. The van der Waals surface area contributed by atoms with Gasteiger partial charge in [0.25, 0.3) is 5.95 Å². The van der Waals surface area contributed by atoms with Crippen molar-refractivity contribution in [3.05, 3.63) is 5.89 Å². The molecule has 1 fully saturated rings. The zero-order chi connectivity index (χ0) is 12.3. The van der Waals surface area contributed by atoms with Crippen LogP contribution in [0.2, 0.25) is 0 Å². The summed E-state index contributed by atoms with van der Waals surface area (Å²) in [5, 5.41) is 3.92. The van der Waals surface area contributed by atoms with Crippen molar-refractivity contribution in [2.24, 2.45) is 5.92 Å². The lowest BCUT2D eigenvalue weighted by Gasteiger charge is -2.09. The Bertz CT molecular complexity index is 381. The molecule has 0 unspecified atom stereocenters. The van der Waals surface area contributed by atoms with E-state index in [-0.39, 0.29) is 12.2 Å². The monoisotopic (exact) mass is 237 g/mol. The zero-order valence-electron chi connectivity index (χ0n) is 10.5. The number of aromatic nitrogens is 2. The van der Waals surface area contributed by atoms with E-state index >= 15 is 0 Å². The Labute approximate surface area is 101 Å². The smallest absolute Gasteiger partial charge is 0.266 e. The summed E-state index contributed by atoms with van der Waals surface area (Å²) in [7, 11) is 0. The molecule has 0 radical (unpaired) electrons. The van der Waals surface area contributed by atoms with Crippen molar-refractivity contribution in [3.63, 3.8) is 0 Å². The van der Waals surface area contributed by atoms with Gasteiger partial charge >= 0.3 is 0 Å². The van der Waals surface area contributed by atoms with Crippen molar-refractivity contribution in [2.45, 2.75) is 39.5 Å². The van der Waals surface area contributed by atoms with E-state index in [2.05, 4.69) is 15.0 Å². The van der Waals surface area contributed by atoms with Crippen LogP contribution in [0.3, 0.4) is 0 Å². The van der Waals surface area contributed by atoms with Gasteiger partial charge in [0, 0.05) is 19.5 Å². The fourth-order valence-electron chi connectivity index (χ4n) is 2.06. The van der Waals surface area contributed by atoms with E-state index in [1.54, 1.807) is 0 Å². The topological polar surface area (TPSA) is 59.2 Å². The number of rotatable bonds is 5. The van der Waals surface area contributed by atoms with E-state index in [9.17, 15) is 4.79 Å². The molecule has 0 atom stereocenters. The lowest BCUT2D eigenvalue weighted by molar-refractivity contribution is -0.119. The molecule has 0 N–H and O–H groups in total. The van der Waals surface area contributed by atoms with Gasteiger partial charge in [-0.1, -0.05) is 13.8 Å². The van der Waals surface area contributed by atoms with E-state index in [0.29, 0.717) is 24.2 Å². The van der Waals surface area contributed by atoms with Gasteiger partial charge in [-0.3, -0.25) is 4.79 Å². The highest BCUT2D eigenvalue weighted by atomic mass is 16.5. The van der Waals surface area contributed by atoms with Crippen LogP contribution in [0.25, 0.3) is 0 Å². The maximum atomic E-state index is 11.6. The number of hydrogen-bond acceptors (Lipinski definition) is 5. The Morgan fingerprint density at radius 3 is 2.76 bits per heavy atom. The van der Waals surface area contributed by atoms with E-state index in [4.69, 9.17) is 4.52 Å². The van der Waals surface area contributed by atoms with Gasteiger partial charge in [0.2, 0.25) is 5.89 Å². The average Bonchev–Trinajstić information content (AvgIpc) is 2.84. The molecule has 5 heteroatoms. The number of Topliss-reactive ketones (excluding diaryl/α,β-unsaturated/α-hetero) is 1. The molecule has 2 heterocycles. The lowest BCUT2D eigenvalue weighted by atomic mass is 10.1. The van der Waals surface area contributed by atoms with Crippen LogP contribution < -0.4 is 4.90 Å². The first kappa shape index (κ1) is 12.1. The molecule has 17 heavy (non-hydrogen) atoms. The molecule has 1 aliphatic heterocycles. The van der Waals surface area contributed by atoms with Crippen LogP contribution in [0.5, 0.6) is 0 Å². The molecule has 2 rings (SSSR count). The summed E-state index contributed by atoms with van der Waals surface area (Å²) in [4.78, 5) is 18.0. The summed E-state index contributed by atoms with van der Waals surface area (Å²) in [6, 6.07) is 0. The summed E-state index contributed by atoms with van der Waals surface area (Å²) in [6.45, 7) is 6.03. The second-order valence-electron chi connectivity index (χ2n) is 5.00. The molecule has 0 spiro atoms. The first-order valence-corrected chi connectivity index (χ1v) is 6.24. The highest BCUT2D eigenvalue weighted by molar-refractivity contribution is 5.80. The summed E-state index contributed by atoms with van der Waals surface area (Å²) in [6.07, 6.45) is 3.19. The van der Waals surface area contributed by atoms with Gasteiger partial charge in [-0.15, -0.1) is 0 Å². The predicted molar refractivity (Wildman–Crippen MR) is 63.9 cm³/mol. The van der Waals surface area contributed by atoms with Gasteiger partial charge in [-0.2, -0.15) is 4.98 Å². The Balaban J connectivity index is 1.91. The fourth-order valence-corrected chi connectivity index (χ4v) is 2.06. The average molecular weight is 237 g/mol. The molecule has 1 aromatic rings. The second kappa shape index (κ2) is 5.29.